The minimum atomic E-state index is 0.889. The van der Waals surface area contributed by atoms with Gasteiger partial charge in [0.05, 0.1) is 5.69 Å². The fourth-order valence-electron chi connectivity index (χ4n) is 8.15. The minimum absolute atomic E-state index is 0.889. The fourth-order valence-corrected chi connectivity index (χ4v) is 9.29. The summed E-state index contributed by atoms with van der Waals surface area (Å²) in [4.78, 5) is 2.43. The number of nitrogens with zero attached hydrogens (tertiary/aromatic N) is 1. The third kappa shape index (κ3) is 4.86. The third-order valence-corrected chi connectivity index (χ3v) is 11.8. The van der Waals surface area contributed by atoms with Gasteiger partial charge in [0.1, 0.15) is 11.2 Å². The maximum Gasteiger partial charge on any atom is 0.143 e. The van der Waals surface area contributed by atoms with E-state index in [0.29, 0.717) is 0 Å². The van der Waals surface area contributed by atoms with Crippen LogP contribution in [0.4, 0.5) is 17.1 Å². The molecule has 0 N–H and O–H groups in total. The van der Waals surface area contributed by atoms with Crippen LogP contribution >= 0.6 is 11.3 Å². The molecular formula is C50H31NOS. The molecule has 0 bridgehead atoms. The Balaban J connectivity index is 1.15. The first-order valence-corrected chi connectivity index (χ1v) is 18.8. The van der Waals surface area contributed by atoms with Crippen LogP contribution in [0, 0.1) is 0 Å². The number of hydrogen-bond donors (Lipinski definition) is 0. The van der Waals surface area contributed by atoms with E-state index in [0.717, 1.165) is 55.5 Å². The molecule has 53 heavy (non-hydrogen) atoms. The molecule has 9 aromatic carbocycles. The van der Waals surface area contributed by atoms with Crippen LogP contribution in [-0.2, 0) is 0 Å². The molecule has 0 amide bonds. The van der Waals surface area contributed by atoms with Gasteiger partial charge in [-0.15, -0.1) is 11.3 Å². The summed E-state index contributed by atoms with van der Waals surface area (Å²) in [6.45, 7) is 0. The molecule has 2 heterocycles. The van der Waals surface area contributed by atoms with E-state index in [9.17, 15) is 0 Å². The van der Waals surface area contributed by atoms with Crippen LogP contribution < -0.4 is 4.90 Å². The summed E-state index contributed by atoms with van der Waals surface area (Å²) in [5.41, 5.74) is 9.78. The minimum Gasteiger partial charge on any atom is -0.455 e. The maximum atomic E-state index is 6.66. The summed E-state index contributed by atoms with van der Waals surface area (Å²) >= 11 is 1.85. The van der Waals surface area contributed by atoms with E-state index < -0.39 is 0 Å². The molecule has 2 nitrogen and oxygen atoms in total. The lowest BCUT2D eigenvalue weighted by Gasteiger charge is -2.28. The molecule has 0 aliphatic heterocycles. The van der Waals surface area contributed by atoms with Crippen molar-refractivity contribution in [2.24, 2.45) is 0 Å². The highest BCUT2D eigenvalue weighted by atomic mass is 32.1. The number of benzene rings is 9. The summed E-state index contributed by atoms with van der Waals surface area (Å²) in [7, 11) is 0. The average Bonchev–Trinajstić information content (AvgIpc) is 3.80. The first kappa shape index (κ1) is 30.0. The van der Waals surface area contributed by atoms with Crippen LogP contribution in [0.3, 0.4) is 0 Å². The number of thiophene rings is 1. The van der Waals surface area contributed by atoms with Gasteiger partial charge in [0.15, 0.2) is 0 Å². The summed E-state index contributed by atoms with van der Waals surface area (Å²) in [6.07, 6.45) is 0. The van der Waals surface area contributed by atoms with Crippen molar-refractivity contribution in [2.45, 2.75) is 0 Å². The van der Waals surface area contributed by atoms with Crippen LogP contribution in [0.25, 0.3) is 85.9 Å². The van der Waals surface area contributed by atoms with Gasteiger partial charge in [-0.25, -0.2) is 0 Å². The lowest BCUT2D eigenvalue weighted by Crippen LogP contribution is -2.11. The molecule has 0 fully saturated rings. The second kappa shape index (κ2) is 11.9. The second-order valence-corrected chi connectivity index (χ2v) is 14.8. The van der Waals surface area contributed by atoms with Crippen molar-refractivity contribution >= 4 is 92.1 Å². The van der Waals surface area contributed by atoms with Crippen LogP contribution in [-0.4, -0.2) is 0 Å². The van der Waals surface area contributed by atoms with Crippen LogP contribution in [0.15, 0.2) is 192 Å². The van der Waals surface area contributed by atoms with Gasteiger partial charge in [-0.2, -0.15) is 0 Å². The predicted molar refractivity (Wildman–Crippen MR) is 227 cm³/mol. The topological polar surface area (TPSA) is 16.4 Å². The van der Waals surface area contributed by atoms with Crippen molar-refractivity contribution in [3.8, 4) is 22.3 Å². The molecule has 0 unspecified atom stereocenters. The van der Waals surface area contributed by atoms with Gasteiger partial charge in [0, 0.05) is 53.3 Å². The first-order chi connectivity index (χ1) is 26.3. The maximum absolute atomic E-state index is 6.66. The summed E-state index contributed by atoms with van der Waals surface area (Å²) < 4.78 is 9.23. The molecule has 0 aliphatic rings. The molecule has 11 rings (SSSR count). The van der Waals surface area contributed by atoms with E-state index in [1.54, 1.807) is 0 Å². The third-order valence-electron chi connectivity index (χ3n) is 10.6. The number of para-hydroxylation sites is 1. The molecule has 0 saturated carbocycles. The number of hydrogen-bond acceptors (Lipinski definition) is 3. The van der Waals surface area contributed by atoms with E-state index in [4.69, 9.17) is 4.42 Å². The Kier molecular flexibility index (Phi) is 6.76. The average molecular weight is 694 g/mol. The Morgan fingerprint density at radius 2 is 1.08 bits per heavy atom. The van der Waals surface area contributed by atoms with Crippen molar-refractivity contribution in [3.05, 3.63) is 188 Å². The molecule has 0 spiro atoms. The molecule has 11 aromatic rings. The molecule has 2 aromatic heterocycles. The molecular weight excluding hydrogens is 663 g/mol. The lowest BCUT2D eigenvalue weighted by atomic mass is 9.95. The molecule has 0 saturated heterocycles. The van der Waals surface area contributed by atoms with Gasteiger partial charge in [-0.05, 0) is 87.4 Å². The smallest absolute Gasteiger partial charge is 0.143 e. The summed E-state index contributed by atoms with van der Waals surface area (Å²) in [6, 6.07) is 68.1. The zero-order chi connectivity index (χ0) is 34.9. The van der Waals surface area contributed by atoms with Crippen molar-refractivity contribution in [3.63, 3.8) is 0 Å². The highest BCUT2D eigenvalue weighted by molar-refractivity contribution is 7.25. The molecule has 3 heteroatoms. The van der Waals surface area contributed by atoms with E-state index >= 15 is 0 Å². The zero-order valence-electron chi connectivity index (χ0n) is 28.7. The molecule has 0 radical (unpaired) electrons. The largest absolute Gasteiger partial charge is 0.455 e. The van der Waals surface area contributed by atoms with E-state index in [1.165, 1.54) is 47.5 Å². The van der Waals surface area contributed by atoms with Crippen molar-refractivity contribution < 1.29 is 4.42 Å². The Labute approximate surface area is 310 Å². The van der Waals surface area contributed by atoms with Gasteiger partial charge >= 0.3 is 0 Å². The highest BCUT2D eigenvalue weighted by Crippen LogP contribution is 2.47. The monoisotopic (exact) mass is 693 g/mol. The first-order valence-electron chi connectivity index (χ1n) is 18.0. The second-order valence-electron chi connectivity index (χ2n) is 13.7. The van der Waals surface area contributed by atoms with Crippen LogP contribution in [0.5, 0.6) is 0 Å². The van der Waals surface area contributed by atoms with Crippen molar-refractivity contribution in [1.82, 2.24) is 0 Å². The van der Waals surface area contributed by atoms with Gasteiger partial charge in [0.2, 0.25) is 0 Å². The van der Waals surface area contributed by atoms with Crippen LogP contribution in [0.1, 0.15) is 0 Å². The van der Waals surface area contributed by atoms with Crippen molar-refractivity contribution in [2.75, 3.05) is 4.90 Å². The Morgan fingerprint density at radius 3 is 2.02 bits per heavy atom. The fraction of sp³-hybridized carbons (Fsp3) is 0. The number of anilines is 3. The normalized spacial score (nSPS) is 11.8. The van der Waals surface area contributed by atoms with Gasteiger partial charge in [-0.3, -0.25) is 0 Å². The standard InChI is InChI=1S/C50H31NOS/c1-2-13-34-29-36(24-23-32(34)11-1)35-14-9-15-37(30-35)51(38-26-28-42-41-18-6-8-22-47(41)53-48(42)31-38)45-20-7-5-17-40(45)43-19-10-21-46-49(43)44-27-25-33-12-3-4-16-39(33)50(44)52-46/h1-31H. The highest BCUT2D eigenvalue weighted by Gasteiger charge is 2.22. The van der Waals surface area contributed by atoms with E-state index in [1.807, 2.05) is 11.3 Å². The Morgan fingerprint density at radius 1 is 0.396 bits per heavy atom. The number of fused-ring (bicyclic) bond motifs is 9. The quantitative estimate of drug-likeness (QED) is 0.178. The summed E-state index contributed by atoms with van der Waals surface area (Å²) in [5.74, 6) is 0. The van der Waals surface area contributed by atoms with Crippen LogP contribution in [0.2, 0.25) is 0 Å². The zero-order valence-corrected chi connectivity index (χ0v) is 29.5. The molecule has 0 aliphatic carbocycles. The van der Waals surface area contributed by atoms with E-state index in [2.05, 4.69) is 193 Å². The predicted octanol–water partition coefficient (Wildman–Crippen LogP) is 15.1. The SMILES string of the molecule is c1cc(-c2ccc3ccccc3c2)cc(N(c2ccc3c(c2)sc2ccccc23)c2ccccc2-c2cccc3oc4c5ccccc5ccc4c23)c1. The number of furan rings is 1. The van der Waals surface area contributed by atoms with E-state index in [-0.39, 0.29) is 0 Å². The number of rotatable bonds is 5. The van der Waals surface area contributed by atoms with Crippen molar-refractivity contribution in [1.29, 1.82) is 0 Å². The molecule has 248 valence electrons. The Hall–Kier alpha value is -6.68. The molecule has 0 atom stereocenters. The van der Waals surface area contributed by atoms with Gasteiger partial charge in [-0.1, -0.05) is 133 Å². The van der Waals surface area contributed by atoms with Gasteiger partial charge < -0.3 is 9.32 Å². The van der Waals surface area contributed by atoms with Gasteiger partial charge in [0.25, 0.3) is 0 Å². The summed E-state index contributed by atoms with van der Waals surface area (Å²) in [5, 5.41) is 9.63. The Bertz CT molecular complexity index is 3200. The lowest BCUT2D eigenvalue weighted by molar-refractivity contribution is 0.673.